The summed E-state index contributed by atoms with van der Waals surface area (Å²) in [7, 11) is 0. The van der Waals surface area contributed by atoms with Gasteiger partial charge in [-0.25, -0.2) is 0 Å². The zero-order chi connectivity index (χ0) is 11.6. The minimum atomic E-state index is -4.83. The van der Waals surface area contributed by atoms with Crippen LogP contribution in [-0.2, 0) is 0 Å². The van der Waals surface area contributed by atoms with Crippen LogP contribution in [0.3, 0.4) is 0 Å². The van der Waals surface area contributed by atoms with Crippen molar-refractivity contribution in [3.05, 3.63) is 21.9 Å². The van der Waals surface area contributed by atoms with E-state index < -0.39 is 12.1 Å². The van der Waals surface area contributed by atoms with Crippen molar-refractivity contribution in [2.24, 2.45) is 0 Å². The highest BCUT2D eigenvalue weighted by molar-refractivity contribution is 9.10. The van der Waals surface area contributed by atoms with Crippen LogP contribution in [0.2, 0.25) is 0 Å². The Bertz CT molecular complexity index is 425. The lowest BCUT2D eigenvalue weighted by Gasteiger charge is -2.11. The number of aryl methyl sites for hydroxylation is 1. The third kappa shape index (κ3) is 2.83. The van der Waals surface area contributed by atoms with Gasteiger partial charge in [-0.05, 0) is 22.9 Å². The molecule has 0 aromatic carbocycles. The van der Waals surface area contributed by atoms with E-state index >= 15 is 0 Å². The zero-order valence-electron chi connectivity index (χ0n) is 7.39. The Morgan fingerprint density at radius 2 is 2.13 bits per heavy atom. The van der Waals surface area contributed by atoms with Gasteiger partial charge in [0, 0.05) is 0 Å². The van der Waals surface area contributed by atoms with Gasteiger partial charge in [-0.1, -0.05) is 0 Å². The van der Waals surface area contributed by atoms with E-state index in [-0.39, 0.29) is 10.0 Å². The SMILES string of the molecule is Cc1ncc(OC(F)(F)F)c(C#N)c1Br. The molecule has 80 valence electrons. The van der Waals surface area contributed by atoms with Crippen LogP contribution >= 0.6 is 15.9 Å². The summed E-state index contributed by atoms with van der Waals surface area (Å²) in [6.07, 6.45) is -3.96. The number of nitriles is 1. The minimum Gasteiger partial charge on any atom is -0.403 e. The van der Waals surface area contributed by atoms with Gasteiger partial charge in [0.2, 0.25) is 0 Å². The predicted octanol–water partition coefficient (Wildman–Crippen LogP) is 2.92. The van der Waals surface area contributed by atoms with Gasteiger partial charge in [0.15, 0.2) is 5.75 Å². The standard InChI is InChI=1S/C8H4BrF3N2O/c1-4-7(9)5(2-13)6(3-14-4)15-8(10,11)12/h3H,1H3. The number of aromatic nitrogens is 1. The number of pyridine rings is 1. The zero-order valence-corrected chi connectivity index (χ0v) is 8.98. The average Bonchev–Trinajstić information content (AvgIpc) is 2.10. The van der Waals surface area contributed by atoms with E-state index in [0.717, 1.165) is 6.20 Å². The summed E-state index contributed by atoms with van der Waals surface area (Å²) >= 11 is 2.97. The molecule has 0 aliphatic carbocycles. The first-order valence-electron chi connectivity index (χ1n) is 3.66. The third-order valence-corrected chi connectivity index (χ3v) is 2.47. The van der Waals surface area contributed by atoms with Gasteiger partial charge in [0.1, 0.15) is 11.6 Å². The Hall–Kier alpha value is -1.29. The fourth-order valence-corrected chi connectivity index (χ4v) is 1.26. The summed E-state index contributed by atoms with van der Waals surface area (Å²) in [6.45, 7) is 1.56. The maximum atomic E-state index is 11.9. The van der Waals surface area contributed by atoms with Gasteiger partial charge in [0.05, 0.1) is 16.4 Å². The van der Waals surface area contributed by atoms with Crippen molar-refractivity contribution in [2.45, 2.75) is 13.3 Å². The molecule has 0 aliphatic heterocycles. The molecule has 0 spiro atoms. The van der Waals surface area contributed by atoms with E-state index in [1.165, 1.54) is 0 Å². The van der Waals surface area contributed by atoms with E-state index in [4.69, 9.17) is 5.26 Å². The van der Waals surface area contributed by atoms with Crippen molar-refractivity contribution in [1.29, 1.82) is 5.26 Å². The molecule has 1 heterocycles. The van der Waals surface area contributed by atoms with Crippen molar-refractivity contribution in [1.82, 2.24) is 4.98 Å². The van der Waals surface area contributed by atoms with Crippen molar-refractivity contribution in [3.63, 3.8) is 0 Å². The van der Waals surface area contributed by atoms with Crippen molar-refractivity contribution in [2.75, 3.05) is 0 Å². The summed E-state index contributed by atoms with van der Waals surface area (Å²) in [4.78, 5) is 3.65. The fraction of sp³-hybridized carbons (Fsp3) is 0.250. The van der Waals surface area contributed by atoms with E-state index in [1.54, 1.807) is 13.0 Å². The second-order valence-electron chi connectivity index (χ2n) is 2.56. The van der Waals surface area contributed by atoms with Gasteiger partial charge < -0.3 is 4.74 Å². The van der Waals surface area contributed by atoms with E-state index in [2.05, 4.69) is 25.7 Å². The molecule has 0 unspecified atom stereocenters. The molecule has 0 amide bonds. The molecule has 0 radical (unpaired) electrons. The molecule has 0 aliphatic rings. The number of ether oxygens (including phenoxy) is 1. The number of hydrogen-bond acceptors (Lipinski definition) is 3. The molecule has 0 saturated heterocycles. The molecular formula is C8H4BrF3N2O. The van der Waals surface area contributed by atoms with Crippen LogP contribution in [0, 0.1) is 18.3 Å². The van der Waals surface area contributed by atoms with Crippen molar-refractivity contribution in [3.8, 4) is 11.8 Å². The second kappa shape index (κ2) is 4.06. The first-order valence-corrected chi connectivity index (χ1v) is 4.45. The topological polar surface area (TPSA) is 45.9 Å². The molecule has 1 rings (SSSR count). The van der Waals surface area contributed by atoms with Crippen LogP contribution in [0.5, 0.6) is 5.75 Å². The summed E-state index contributed by atoms with van der Waals surface area (Å²) in [6, 6.07) is 1.62. The Morgan fingerprint density at radius 3 is 2.60 bits per heavy atom. The molecule has 3 nitrogen and oxygen atoms in total. The lowest BCUT2D eigenvalue weighted by molar-refractivity contribution is -0.274. The fourth-order valence-electron chi connectivity index (χ4n) is 0.872. The van der Waals surface area contributed by atoms with Crippen LogP contribution < -0.4 is 4.74 Å². The monoisotopic (exact) mass is 280 g/mol. The minimum absolute atomic E-state index is 0.201. The highest BCUT2D eigenvalue weighted by Crippen LogP contribution is 2.31. The molecule has 1 aromatic rings. The van der Waals surface area contributed by atoms with Gasteiger partial charge in [0.25, 0.3) is 0 Å². The van der Waals surface area contributed by atoms with Crippen molar-refractivity contribution >= 4 is 15.9 Å². The molecule has 1 aromatic heterocycles. The molecule has 0 saturated carbocycles. The Labute approximate surface area is 91.6 Å². The molecule has 0 bridgehead atoms. The van der Waals surface area contributed by atoms with Crippen LogP contribution in [0.25, 0.3) is 0 Å². The summed E-state index contributed by atoms with van der Waals surface area (Å²) < 4.78 is 39.6. The van der Waals surface area contributed by atoms with E-state index in [9.17, 15) is 13.2 Å². The highest BCUT2D eigenvalue weighted by Gasteiger charge is 2.33. The normalized spacial score (nSPS) is 10.9. The van der Waals surface area contributed by atoms with Gasteiger partial charge in [-0.3, -0.25) is 4.98 Å². The maximum Gasteiger partial charge on any atom is 0.573 e. The van der Waals surface area contributed by atoms with Crippen LogP contribution in [0.4, 0.5) is 13.2 Å². The number of hydrogen-bond donors (Lipinski definition) is 0. The quantitative estimate of drug-likeness (QED) is 0.795. The van der Waals surface area contributed by atoms with Crippen molar-refractivity contribution < 1.29 is 17.9 Å². The lowest BCUT2D eigenvalue weighted by Crippen LogP contribution is -2.18. The lowest BCUT2D eigenvalue weighted by atomic mass is 10.2. The number of alkyl halides is 3. The molecule has 7 heteroatoms. The Balaban J connectivity index is 3.21. The largest absolute Gasteiger partial charge is 0.573 e. The number of halogens is 4. The number of rotatable bonds is 1. The third-order valence-electron chi connectivity index (χ3n) is 1.50. The van der Waals surface area contributed by atoms with Crippen LogP contribution in [0.15, 0.2) is 10.7 Å². The molecule has 0 fully saturated rings. The average molecular weight is 281 g/mol. The summed E-state index contributed by atoms with van der Waals surface area (Å²) in [5.41, 5.74) is 0.195. The van der Waals surface area contributed by atoms with Crippen LogP contribution in [0.1, 0.15) is 11.3 Å². The van der Waals surface area contributed by atoms with E-state index in [0.29, 0.717) is 5.69 Å². The van der Waals surface area contributed by atoms with E-state index in [1.807, 2.05) is 0 Å². The van der Waals surface area contributed by atoms with Gasteiger partial charge in [-0.2, -0.15) is 5.26 Å². The molecular weight excluding hydrogens is 277 g/mol. The highest BCUT2D eigenvalue weighted by atomic mass is 79.9. The Kier molecular flexibility index (Phi) is 3.19. The van der Waals surface area contributed by atoms with Crippen LogP contribution in [-0.4, -0.2) is 11.3 Å². The summed E-state index contributed by atoms with van der Waals surface area (Å²) in [5.74, 6) is -0.609. The maximum absolute atomic E-state index is 11.9. The smallest absolute Gasteiger partial charge is 0.403 e. The first kappa shape index (κ1) is 11.8. The van der Waals surface area contributed by atoms with Gasteiger partial charge >= 0.3 is 6.36 Å². The summed E-state index contributed by atoms with van der Waals surface area (Å²) in [5, 5.41) is 8.67. The Morgan fingerprint density at radius 1 is 1.53 bits per heavy atom. The second-order valence-corrected chi connectivity index (χ2v) is 3.35. The van der Waals surface area contributed by atoms with Gasteiger partial charge in [-0.15, -0.1) is 13.2 Å². The number of nitrogens with zero attached hydrogens (tertiary/aromatic N) is 2. The molecule has 0 atom stereocenters. The first-order chi connectivity index (χ1) is 6.85. The predicted molar refractivity (Wildman–Crippen MR) is 48.1 cm³/mol. The molecule has 15 heavy (non-hydrogen) atoms. The molecule has 0 N–H and O–H groups in total.